The zero-order valence-electron chi connectivity index (χ0n) is 8.50. The second-order valence-corrected chi connectivity index (χ2v) is 3.44. The fourth-order valence-corrected chi connectivity index (χ4v) is 0.939. The molecule has 0 aromatic carbocycles. The Kier molecular flexibility index (Phi) is 4.90. The van der Waals surface area contributed by atoms with Gasteiger partial charge in [0.05, 0.1) is 0 Å². The largest absolute Gasteiger partial charge is 0.343 e. The molecule has 3 heteroatoms. The molecule has 72 valence electrons. The molecule has 3 nitrogen and oxygen atoms in total. The lowest BCUT2D eigenvalue weighted by atomic mass is 10.2. The van der Waals surface area contributed by atoms with Crippen molar-refractivity contribution < 1.29 is 4.79 Å². The first kappa shape index (κ1) is 11.4. The molecule has 0 heterocycles. The van der Waals surface area contributed by atoms with Crippen molar-refractivity contribution in [2.24, 2.45) is 5.73 Å². The molecule has 0 fully saturated rings. The normalized spacial score (nSPS) is 15.4. The van der Waals surface area contributed by atoms with E-state index < -0.39 is 0 Å². The summed E-state index contributed by atoms with van der Waals surface area (Å²) in [6.45, 7) is 5.96. The summed E-state index contributed by atoms with van der Waals surface area (Å²) in [6, 6.07) is 0.278. The second-order valence-electron chi connectivity index (χ2n) is 3.44. The van der Waals surface area contributed by atoms with Gasteiger partial charge in [0.1, 0.15) is 0 Å². The molecule has 0 aromatic heterocycles. The van der Waals surface area contributed by atoms with E-state index in [9.17, 15) is 4.79 Å². The molecule has 0 aliphatic carbocycles. The molecule has 12 heavy (non-hydrogen) atoms. The third kappa shape index (κ3) is 3.72. The molecule has 0 saturated carbocycles. The van der Waals surface area contributed by atoms with Gasteiger partial charge in [-0.3, -0.25) is 4.79 Å². The van der Waals surface area contributed by atoms with Crippen LogP contribution in [0.3, 0.4) is 0 Å². The highest BCUT2D eigenvalue weighted by Crippen LogP contribution is 2.03. The maximum atomic E-state index is 11.4. The lowest BCUT2D eigenvalue weighted by Crippen LogP contribution is -2.37. The maximum absolute atomic E-state index is 11.4. The molecule has 0 radical (unpaired) electrons. The Balaban J connectivity index is 3.92. The zero-order chi connectivity index (χ0) is 9.72. The van der Waals surface area contributed by atoms with Crippen LogP contribution in [0.2, 0.25) is 0 Å². The number of nitrogens with two attached hydrogens (primary N) is 1. The molecule has 1 amide bonds. The van der Waals surface area contributed by atoms with E-state index in [1.807, 2.05) is 20.9 Å². The summed E-state index contributed by atoms with van der Waals surface area (Å²) in [4.78, 5) is 13.2. The van der Waals surface area contributed by atoms with Crippen LogP contribution < -0.4 is 5.73 Å². The van der Waals surface area contributed by atoms with E-state index in [2.05, 4.69) is 6.92 Å². The minimum atomic E-state index is -0.0380. The van der Waals surface area contributed by atoms with Crippen LogP contribution in [-0.2, 0) is 4.79 Å². The molecular weight excluding hydrogens is 152 g/mol. The first-order valence-corrected chi connectivity index (χ1v) is 4.50. The van der Waals surface area contributed by atoms with Crippen molar-refractivity contribution in [3.63, 3.8) is 0 Å². The fraction of sp³-hybridized carbons (Fsp3) is 0.889. The van der Waals surface area contributed by atoms with Gasteiger partial charge in [-0.15, -0.1) is 0 Å². The van der Waals surface area contributed by atoms with Crippen molar-refractivity contribution in [3.8, 4) is 0 Å². The van der Waals surface area contributed by atoms with E-state index in [0.29, 0.717) is 12.5 Å². The Hall–Kier alpha value is -0.570. The molecule has 0 aliphatic rings. The average Bonchev–Trinajstić information content (AvgIpc) is 2.00. The quantitative estimate of drug-likeness (QED) is 0.687. The number of carbonyl (C=O) groups excluding carboxylic acids is 1. The first-order chi connectivity index (χ1) is 5.49. The lowest BCUT2D eigenvalue weighted by molar-refractivity contribution is -0.131. The van der Waals surface area contributed by atoms with Gasteiger partial charge < -0.3 is 10.6 Å². The monoisotopic (exact) mass is 172 g/mol. The van der Waals surface area contributed by atoms with Crippen LogP contribution in [0, 0.1) is 0 Å². The van der Waals surface area contributed by atoms with E-state index in [1.165, 1.54) is 0 Å². The van der Waals surface area contributed by atoms with E-state index in [0.717, 1.165) is 6.42 Å². The van der Waals surface area contributed by atoms with Crippen molar-refractivity contribution in [2.75, 3.05) is 7.05 Å². The van der Waals surface area contributed by atoms with Gasteiger partial charge in [-0.25, -0.2) is 0 Å². The Morgan fingerprint density at radius 3 is 2.33 bits per heavy atom. The van der Waals surface area contributed by atoms with Crippen LogP contribution in [0.5, 0.6) is 0 Å². The van der Waals surface area contributed by atoms with Gasteiger partial charge >= 0.3 is 0 Å². The summed E-state index contributed by atoms with van der Waals surface area (Å²) in [5, 5.41) is 0. The number of hydrogen-bond donors (Lipinski definition) is 1. The van der Waals surface area contributed by atoms with Crippen LogP contribution in [0.15, 0.2) is 0 Å². The predicted molar refractivity (Wildman–Crippen MR) is 50.8 cm³/mol. The Morgan fingerprint density at radius 1 is 1.50 bits per heavy atom. The standard InChI is InChI=1S/C9H20N2O/c1-5-8(3)11(4)9(12)6-7(2)10/h7-8H,5-6,10H2,1-4H3. The number of amides is 1. The third-order valence-electron chi connectivity index (χ3n) is 2.14. The summed E-state index contributed by atoms with van der Waals surface area (Å²) in [5.74, 6) is 0.138. The molecule has 0 spiro atoms. The van der Waals surface area contributed by atoms with Gasteiger partial charge in [-0.2, -0.15) is 0 Å². The molecule has 2 atom stereocenters. The number of rotatable bonds is 4. The molecule has 0 bridgehead atoms. The minimum absolute atomic E-state index is 0.0380. The molecule has 2 N–H and O–H groups in total. The van der Waals surface area contributed by atoms with E-state index in [1.54, 1.807) is 4.90 Å². The summed E-state index contributed by atoms with van der Waals surface area (Å²) < 4.78 is 0. The summed E-state index contributed by atoms with van der Waals surface area (Å²) in [6.07, 6.45) is 1.43. The van der Waals surface area contributed by atoms with Gasteiger partial charge in [-0.05, 0) is 20.3 Å². The van der Waals surface area contributed by atoms with Crippen LogP contribution in [0.1, 0.15) is 33.6 Å². The number of carbonyl (C=O) groups is 1. The lowest BCUT2D eigenvalue weighted by Gasteiger charge is -2.24. The minimum Gasteiger partial charge on any atom is -0.343 e. The highest BCUT2D eigenvalue weighted by molar-refractivity contribution is 5.76. The van der Waals surface area contributed by atoms with Gasteiger partial charge in [0.2, 0.25) is 5.91 Å². The smallest absolute Gasteiger partial charge is 0.224 e. The van der Waals surface area contributed by atoms with Gasteiger partial charge in [0.25, 0.3) is 0 Å². The Labute approximate surface area is 74.9 Å². The number of hydrogen-bond acceptors (Lipinski definition) is 2. The van der Waals surface area contributed by atoms with Crippen LogP contribution in [0.25, 0.3) is 0 Å². The van der Waals surface area contributed by atoms with Crippen molar-refractivity contribution in [1.82, 2.24) is 4.90 Å². The van der Waals surface area contributed by atoms with E-state index >= 15 is 0 Å². The SMILES string of the molecule is CCC(C)N(C)C(=O)CC(C)N. The zero-order valence-corrected chi connectivity index (χ0v) is 8.50. The van der Waals surface area contributed by atoms with Gasteiger partial charge in [0, 0.05) is 25.6 Å². The molecule has 0 aliphatic heterocycles. The Bertz CT molecular complexity index is 145. The van der Waals surface area contributed by atoms with Crippen molar-refractivity contribution in [1.29, 1.82) is 0 Å². The summed E-state index contributed by atoms with van der Waals surface area (Å²) in [5.41, 5.74) is 5.53. The molecule has 2 unspecified atom stereocenters. The highest BCUT2D eigenvalue weighted by Gasteiger charge is 2.14. The third-order valence-corrected chi connectivity index (χ3v) is 2.14. The van der Waals surface area contributed by atoms with Crippen molar-refractivity contribution in [3.05, 3.63) is 0 Å². The highest BCUT2D eigenvalue weighted by atomic mass is 16.2. The van der Waals surface area contributed by atoms with E-state index in [-0.39, 0.29) is 11.9 Å². The van der Waals surface area contributed by atoms with Crippen molar-refractivity contribution in [2.45, 2.75) is 45.7 Å². The average molecular weight is 172 g/mol. The van der Waals surface area contributed by atoms with Crippen molar-refractivity contribution >= 4 is 5.91 Å². The predicted octanol–water partition coefficient (Wildman–Crippen LogP) is 0.981. The number of nitrogens with zero attached hydrogens (tertiary/aromatic N) is 1. The van der Waals surface area contributed by atoms with Gasteiger partial charge in [-0.1, -0.05) is 6.92 Å². The van der Waals surface area contributed by atoms with Crippen LogP contribution in [-0.4, -0.2) is 29.9 Å². The van der Waals surface area contributed by atoms with Crippen LogP contribution >= 0.6 is 0 Å². The molecule has 0 saturated heterocycles. The first-order valence-electron chi connectivity index (χ1n) is 4.50. The molecule has 0 aromatic rings. The molecule has 0 rings (SSSR count). The van der Waals surface area contributed by atoms with Crippen LogP contribution in [0.4, 0.5) is 0 Å². The summed E-state index contributed by atoms with van der Waals surface area (Å²) in [7, 11) is 1.83. The van der Waals surface area contributed by atoms with Gasteiger partial charge in [0.15, 0.2) is 0 Å². The van der Waals surface area contributed by atoms with E-state index in [4.69, 9.17) is 5.73 Å². The molecular formula is C9H20N2O. The Morgan fingerprint density at radius 2 is 2.00 bits per heavy atom. The summed E-state index contributed by atoms with van der Waals surface area (Å²) >= 11 is 0. The fourth-order valence-electron chi connectivity index (χ4n) is 0.939. The second kappa shape index (κ2) is 5.14. The maximum Gasteiger partial charge on any atom is 0.224 e. The topological polar surface area (TPSA) is 46.3 Å².